The van der Waals surface area contributed by atoms with Gasteiger partial charge in [0.15, 0.2) is 0 Å². The molecule has 0 spiro atoms. The van der Waals surface area contributed by atoms with E-state index in [1.165, 1.54) is 5.56 Å². The number of hydrogen-bond donors (Lipinski definition) is 2. The number of amides is 1. The average molecular weight is 298 g/mol. The van der Waals surface area contributed by atoms with Crippen molar-refractivity contribution in [2.45, 2.75) is 33.2 Å². The molecular formula is C17H22N4O. The fourth-order valence-corrected chi connectivity index (χ4v) is 2.11. The topological polar surface area (TPSA) is 66.9 Å². The zero-order valence-corrected chi connectivity index (χ0v) is 13.3. The van der Waals surface area contributed by atoms with Crippen LogP contribution in [0.5, 0.6) is 0 Å². The van der Waals surface area contributed by atoms with Gasteiger partial charge in [0.25, 0.3) is 5.91 Å². The first-order chi connectivity index (χ1) is 10.5. The first kappa shape index (κ1) is 15.9. The van der Waals surface area contributed by atoms with Crippen LogP contribution in [0.15, 0.2) is 36.4 Å². The standard InChI is InChI=1S/C17H22N4O/c1-12(2)19-16-11-15(20-13(3)21-16)17(22)18-10-9-14-7-5-4-6-8-14/h4-8,11-12H,9-10H2,1-3H3,(H,18,22)(H,19,20,21). The molecule has 0 fully saturated rings. The van der Waals surface area contributed by atoms with Crippen molar-refractivity contribution in [3.63, 3.8) is 0 Å². The Bertz CT molecular complexity index is 626. The summed E-state index contributed by atoms with van der Waals surface area (Å²) in [5.74, 6) is 1.09. The zero-order valence-electron chi connectivity index (χ0n) is 13.3. The molecule has 0 saturated heterocycles. The van der Waals surface area contributed by atoms with E-state index in [4.69, 9.17) is 0 Å². The minimum absolute atomic E-state index is 0.173. The van der Waals surface area contributed by atoms with Crippen LogP contribution >= 0.6 is 0 Å². The molecule has 0 aliphatic rings. The second-order valence-corrected chi connectivity index (χ2v) is 5.48. The molecule has 1 aromatic heterocycles. The van der Waals surface area contributed by atoms with Gasteiger partial charge in [0.05, 0.1) is 0 Å². The van der Waals surface area contributed by atoms with E-state index >= 15 is 0 Å². The number of carbonyl (C=O) groups excluding carboxylic acids is 1. The molecule has 2 aromatic rings. The van der Waals surface area contributed by atoms with Crippen molar-refractivity contribution in [1.29, 1.82) is 0 Å². The van der Waals surface area contributed by atoms with E-state index in [0.717, 1.165) is 6.42 Å². The van der Waals surface area contributed by atoms with Gasteiger partial charge >= 0.3 is 0 Å². The Hall–Kier alpha value is -2.43. The molecule has 0 saturated carbocycles. The summed E-state index contributed by atoms with van der Waals surface area (Å²) in [7, 11) is 0. The predicted molar refractivity (Wildman–Crippen MR) is 88.0 cm³/mol. The molecule has 1 heterocycles. The summed E-state index contributed by atoms with van der Waals surface area (Å²) in [5, 5.41) is 6.09. The van der Waals surface area contributed by atoms with Crippen molar-refractivity contribution in [2.75, 3.05) is 11.9 Å². The van der Waals surface area contributed by atoms with Crippen molar-refractivity contribution in [2.24, 2.45) is 0 Å². The van der Waals surface area contributed by atoms with Gasteiger partial charge in [-0.2, -0.15) is 0 Å². The van der Waals surface area contributed by atoms with Crippen molar-refractivity contribution in [1.82, 2.24) is 15.3 Å². The molecule has 1 amide bonds. The number of hydrogen-bond acceptors (Lipinski definition) is 4. The fourth-order valence-electron chi connectivity index (χ4n) is 2.11. The van der Waals surface area contributed by atoms with E-state index in [-0.39, 0.29) is 11.9 Å². The molecule has 0 bridgehead atoms. The van der Waals surface area contributed by atoms with Crippen molar-refractivity contribution in [3.05, 3.63) is 53.5 Å². The van der Waals surface area contributed by atoms with E-state index in [9.17, 15) is 4.79 Å². The van der Waals surface area contributed by atoms with Crippen LogP contribution in [0.25, 0.3) is 0 Å². The molecule has 0 unspecified atom stereocenters. The lowest BCUT2D eigenvalue weighted by molar-refractivity contribution is 0.0949. The second kappa shape index (κ2) is 7.54. The molecule has 116 valence electrons. The Morgan fingerprint density at radius 3 is 2.59 bits per heavy atom. The number of anilines is 1. The molecular weight excluding hydrogens is 276 g/mol. The number of nitrogens with one attached hydrogen (secondary N) is 2. The Kier molecular flexibility index (Phi) is 5.47. The highest BCUT2D eigenvalue weighted by Gasteiger charge is 2.10. The van der Waals surface area contributed by atoms with Gasteiger partial charge in [-0.1, -0.05) is 30.3 Å². The molecule has 0 atom stereocenters. The Labute approximate surface area is 131 Å². The summed E-state index contributed by atoms with van der Waals surface area (Å²) in [6.45, 7) is 6.42. The van der Waals surface area contributed by atoms with Crippen LogP contribution in [0.1, 0.15) is 35.7 Å². The van der Waals surface area contributed by atoms with Gasteiger partial charge in [-0.25, -0.2) is 9.97 Å². The number of aromatic nitrogens is 2. The summed E-state index contributed by atoms with van der Waals surface area (Å²) in [6.07, 6.45) is 0.799. The van der Waals surface area contributed by atoms with E-state index < -0.39 is 0 Å². The smallest absolute Gasteiger partial charge is 0.270 e. The average Bonchev–Trinajstić information content (AvgIpc) is 2.47. The van der Waals surface area contributed by atoms with Gasteiger partial charge in [0, 0.05) is 18.7 Å². The lowest BCUT2D eigenvalue weighted by atomic mass is 10.1. The normalized spacial score (nSPS) is 10.5. The summed E-state index contributed by atoms with van der Waals surface area (Å²) in [4.78, 5) is 20.7. The van der Waals surface area contributed by atoms with Crippen LogP contribution in [0.3, 0.4) is 0 Å². The highest BCUT2D eigenvalue weighted by molar-refractivity contribution is 5.92. The van der Waals surface area contributed by atoms with Gasteiger partial charge in [-0.15, -0.1) is 0 Å². The molecule has 1 aromatic carbocycles. The number of rotatable bonds is 6. The lowest BCUT2D eigenvalue weighted by Gasteiger charge is -2.11. The van der Waals surface area contributed by atoms with Crippen molar-refractivity contribution >= 4 is 11.7 Å². The second-order valence-electron chi connectivity index (χ2n) is 5.48. The first-order valence-corrected chi connectivity index (χ1v) is 7.49. The Morgan fingerprint density at radius 2 is 1.91 bits per heavy atom. The molecule has 2 N–H and O–H groups in total. The van der Waals surface area contributed by atoms with E-state index in [1.807, 2.05) is 44.2 Å². The Balaban J connectivity index is 1.95. The summed E-state index contributed by atoms with van der Waals surface area (Å²) < 4.78 is 0. The third-order valence-corrected chi connectivity index (χ3v) is 3.05. The van der Waals surface area contributed by atoms with Crippen LogP contribution in [-0.2, 0) is 6.42 Å². The highest BCUT2D eigenvalue weighted by atomic mass is 16.1. The molecule has 0 aliphatic heterocycles. The van der Waals surface area contributed by atoms with Crippen LogP contribution in [0, 0.1) is 6.92 Å². The summed E-state index contributed by atoms with van der Waals surface area (Å²) >= 11 is 0. The predicted octanol–water partition coefficient (Wildman–Crippen LogP) is 2.58. The number of nitrogens with zero attached hydrogens (tertiary/aromatic N) is 2. The van der Waals surface area contributed by atoms with Crippen LogP contribution < -0.4 is 10.6 Å². The molecule has 0 radical (unpaired) electrons. The Morgan fingerprint density at radius 1 is 1.18 bits per heavy atom. The molecule has 5 nitrogen and oxygen atoms in total. The molecule has 5 heteroatoms. The maximum atomic E-state index is 12.2. The zero-order chi connectivity index (χ0) is 15.9. The van der Waals surface area contributed by atoms with Gasteiger partial charge in [0.2, 0.25) is 0 Å². The summed E-state index contributed by atoms with van der Waals surface area (Å²) in [5.41, 5.74) is 1.59. The maximum Gasteiger partial charge on any atom is 0.270 e. The van der Waals surface area contributed by atoms with Crippen molar-refractivity contribution in [3.8, 4) is 0 Å². The van der Waals surface area contributed by atoms with Crippen LogP contribution in [-0.4, -0.2) is 28.5 Å². The number of aryl methyl sites for hydroxylation is 1. The molecule has 0 aliphatic carbocycles. The van der Waals surface area contributed by atoms with Gasteiger partial charge in [0.1, 0.15) is 17.3 Å². The first-order valence-electron chi connectivity index (χ1n) is 7.49. The van der Waals surface area contributed by atoms with Gasteiger partial charge < -0.3 is 10.6 Å². The number of carbonyl (C=O) groups is 1. The van der Waals surface area contributed by atoms with Crippen molar-refractivity contribution < 1.29 is 4.79 Å². The van der Waals surface area contributed by atoms with Crippen LogP contribution in [0.4, 0.5) is 5.82 Å². The largest absolute Gasteiger partial charge is 0.368 e. The SMILES string of the molecule is Cc1nc(NC(C)C)cc(C(=O)NCCc2ccccc2)n1. The monoisotopic (exact) mass is 298 g/mol. The van der Waals surface area contributed by atoms with E-state index in [1.54, 1.807) is 13.0 Å². The third kappa shape index (κ3) is 4.84. The molecule has 2 rings (SSSR count). The minimum atomic E-state index is -0.173. The van der Waals surface area contributed by atoms with Gasteiger partial charge in [-0.05, 0) is 32.8 Å². The number of benzene rings is 1. The lowest BCUT2D eigenvalue weighted by Crippen LogP contribution is -2.27. The van der Waals surface area contributed by atoms with Gasteiger partial charge in [-0.3, -0.25) is 4.79 Å². The molecule has 22 heavy (non-hydrogen) atoms. The minimum Gasteiger partial charge on any atom is -0.368 e. The highest BCUT2D eigenvalue weighted by Crippen LogP contribution is 2.08. The van der Waals surface area contributed by atoms with E-state index in [0.29, 0.717) is 23.9 Å². The summed E-state index contributed by atoms with van der Waals surface area (Å²) in [6, 6.07) is 12.0. The fraction of sp³-hybridized carbons (Fsp3) is 0.353. The van der Waals surface area contributed by atoms with E-state index in [2.05, 4.69) is 20.6 Å². The maximum absolute atomic E-state index is 12.2. The van der Waals surface area contributed by atoms with Crippen LogP contribution in [0.2, 0.25) is 0 Å². The quantitative estimate of drug-likeness (QED) is 0.860. The third-order valence-electron chi connectivity index (χ3n) is 3.05.